The molecule has 4 N–H and O–H groups in total. The van der Waals surface area contributed by atoms with Crippen LogP contribution in [0.3, 0.4) is 0 Å². The van der Waals surface area contributed by atoms with Gasteiger partial charge in [-0.3, -0.25) is 9.59 Å². The standard InChI is InChI=1S/C21H21N3O2/c22-20(26)19(25)18-11-15-10-16(6-7-17(15)24-18)21(8-9-23-13-21)12-14-4-2-1-3-5-14/h1-7,10-11,23-24H,8-9,12-13H2,(H2,22,26). The first kappa shape index (κ1) is 16.5. The van der Waals surface area contributed by atoms with Crippen molar-refractivity contribution in [3.63, 3.8) is 0 Å². The minimum atomic E-state index is -0.947. The number of aromatic nitrogens is 1. The third kappa shape index (κ3) is 2.91. The zero-order valence-electron chi connectivity index (χ0n) is 14.4. The van der Waals surface area contributed by atoms with E-state index in [2.05, 4.69) is 46.7 Å². The van der Waals surface area contributed by atoms with Crippen molar-refractivity contribution in [3.05, 3.63) is 71.4 Å². The van der Waals surface area contributed by atoms with Gasteiger partial charge in [-0.2, -0.15) is 0 Å². The Morgan fingerprint density at radius 1 is 1.08 bits per heavy atom. The second-order valence-corrected chi connectivity index (χ2v) is 7.05. The van der Waals surface area contributed by atoms with E-state index in [1.165, 1.54) is 11.1 Å². The van der Waals surface area contributed by atoms with Gasteiger partial charge in [-0.15, -0.1) is 0 Å². The Bertz CT molecular complexity index is 969. The summed E-state index contributed by atoms with van der Waals surface area (Å²) in [5.74, 6) is -1.64. The van der Waals surface area contributed by atoms with Crippen LogP contribution in [0.25, 0.3) is 10.9 Å². The number of nitrogens with two attached hydrogens (primary N) is 1. The molecule has 1 amide bonds. The van der Waals surface area contributed by atoms with Crippen LogP contribution in [0.4, 0.5) is 0 Å². The summed E-state index contributed by atoms with van der Waals surface area (Å²) < 4.78 is 0. The van der Waals surface area contributed by atoms with Crippen molar-refractivity contribution < 1.29 is 9.59 Å². The number of Topliss-reactive ketones (excluding diaryl/α,β-unsaturated/α-hetero) is 1. The number of hydrogen-bond acceptors (Lipinski definition) is 3. The summed E-state index contributed by atoms with van der Waals surface area (Å²) in [5, 5.41) is 4.42. The van der Waals surface area contributed by atoms with Crippen LogP contribution in [0.5, 0.6) is 0 Å². The van der Waals surface area contributed by atoms with Gasteiger partial charge in [0.15, 0.2) is 0 Å². The second kappa shape index (κ2) is 6.42. The Hall–Kier alpha value is -2.92. The number of carbonyl (C=O) groups excluding carboxylic acids is 2. The molecule has 0 spiro atoms. The van der Waals surface area contributed by atoms with E-state index in [9.17, 15) is 9.59 Å². The molecule has 2 heterocycles. The number of nitrogens with one attached hydrogen (secondary N) is 2. The lowest BCUT2D eigenvalue weighted by Crippen LogP contribution is -2.31. The van der Waals surface area contributed by atoms with Crippen LogP contribution < -0.4 is 11.1 Å². The SMILES string of the molecule is NC(=O)C(=O)c1cc2cc(C3(Cc4ccccc4)CCNC3)ccc2[nH]1. The van der Waals surface area contributed by atoms with Gasteiger partial charge >= 0.3 is 0 Å². The molecule has 1 aromatic heterocycles. The van der Waals surface area contributed by atoms with Gasteiger partial charge < -0.3 is 16.0 Å². The van der Waals surface area contributed by atoms with E-state index in [0.29, 0.717) is 0 Å². The Morgan fingerprint density at radius 3 is 2.58 bits per heavy atom. The van der Waals surface area contributed by atoms with Gasteiger partial charge in [-0.25, -0.2) is 0 Å². The fraction of sp³-hybridized carbons (Fsp3) is 0.238. The lowest BCUT2D eigenvalue weighted by Gasteiger charge is -2.29. The lowest BCUT2D eigenvalue weighted by atomic mass is 9.74. The average Bonchev–Trinajstić information content (AvgIpc) is 3.28. The molecule has 2 aromatic carbocycles. The van der Waals surface area contributed by atoms with Crippen LogP contribution in [-0.4, -0.2) is 29.8 Å². The summed E-state index contributed by atoms with van der Waals surface area (Å²) in [7, 11) is 0. The molecule has 5 nitrogen and oxygen atoms in total. The summed E-state index contributed by atoms with van der Waals surface area (Å²) in [6.45, 7) is 1.91. The topological polar surface area (TPSA) is 88.0 Å². The first-order chi connectivity index (χ1) is 12.6. The highest BCUT2D eigenvalue weighted by molar-refractivity contribution is 6.42. The van der Waals surface area contributed by atoms with Crippen molar-refractivity contribution in [1.82, 2.24) is 10.3 Å². The third-order valence-corrected chi connectivity index (χ3v) is 5.33. The van der Waals surface area contributed by atoms with Gasteiger partial charge in [-0.05, 0) is 48.7 Å². The Morgan fingerprint density at radius 2 is 1.88 bits per heavy atom. The maximum Gasteiger partial charge on any atom is 0.291 e. The molecule has 0 bridgehead atoms. The van der Waals surface area contributed by atoms with Gasteiger partial charge in [0.25, 0.3) is 11.7 Å². The minimum Gasteiger partial charge on any atom is -0.363 e. The number of amides is 1. The maximum atomic E-state index is 11.8. The van der Waals surface area contributed by atoms with E-state index in [1.807, 2.05) is 12.1 Å². The summed E-state index contributed by atoms with van der Waals surface area (Å²) in [4.78, 5) is 26.0. The van der Waals surface area contributed by atoms with Gasteiger partial charge in [0.2, 0.25) is 0 Å². The highest BCUT2D eigenvalue weighted by Gasteiger charge is 2.36. The summed E-state index contributed by atoms with van der Waals surface area (Å²) in [6.07, 6.45) is 2.02. The molecule has 1 aliphatic heterocycles. The molecular weight excluding hydrogens is 326 g/mol. The van der Waals surface area contributed by atoms with E-state index >= 15 is 0 Å². The number of benzene rings is 2. The molecule has 0 radical (unpaired) electrons. The molecule has 4 rings (SSSR count). The molecular formula is C21H21N3O2. The molecule has 3 aromatic rings. The highest BCUT2D eigenvalue weighted by atomic mass is 16.2. The van der Waals surface area contributed by atoms with Gasteiger partial charge in [0.05, 0.1) is 5.69 Å². The van der Waals surface area contributed by atoms with Gasteiger partial charge in [0, 0.05) is 22.9 Å². The fourth-order valence-corrected chi connectivity index (χ4v) is 3.95. The van der Waals surface area contributed by atoms with E-state index in [0.717, 1.165) is 36.8 Å². The number of H-pyrrole nitrogens is 1. The van der Waals surface area contributed by atoms with E-state index in [1.54, 1.807) is 6.07 Å². The van der Waals surface area contributed by atoms with Crippen LogP contribution in [0, 0.1) is 0 Å². The molecule has 26 heavy (non-hydrogen) atoms. The van der Waals surface area contributed by atoms with E-state index in [4.69, 9.17) is 5.73 Å². The molecule has 1 atom stereocenters. The monoisotopic (exact) mass is 347 g/mol. The maximum absolute atomic E-state index is 11.8. The Kier molecular flexibility index (Phi) is 4.09. The molecule has 1 aliphatic rings. The highest BCUT2D eigenvalue weighted by Crippen LogP contribution is 2.36. The summed E-state index contributed by atoms with van der Waals surface area (Å²) in [5.41, 5.74) is 8.77. The minimum absolute atomic E-state index is 0.0284. The van der Waals surface area contributed by atoms with E-state index in [-0.39, 0.29) is 11.1 Å². The number of primary amides is 1. The zero-order valence-corrected chi connectivity index (χ0v) is 14.4. The van der Waals surface area contributed by atoms with Crippen LogP contribution in [0.15, 0.2) is 54.6 Å². The number of carbonyl (C=O) groups is 2. The van der Waals surface area contributed by atoms with Crippen LogP contribution in [0.1, 0.15) is 28.0 Å². The third-order valence-electron chi connectivity index (χ3n) is 5.33. The fourth-order valence-electron chi connectivity index (χ4n) is 3.95. The predicted molar refractivity (Wildman–Crippen MR) is 101 cm³/mol. The number of ketones is 1. The molecule has 1 saturated heterocycles. The number of rotatable bonds is 5. The number of hydrogen-bond donors (Lipinski definition) is 3. The Balaban J connectivity index is 1.73. The first-order valence-corrected chi connectivity index (χ1v) is 8.79. The van der Waals surface area contributed by atoms with Crippen molar-refractivity contribution in [2.75, 3.05) is 13.1 Å². The van der Waals surface area contributed by atoms with Crippen molar-refractivity contribution in [2.24, 2.45) is 5.73 Å². The van der Waals surface area contributed by atoms with Gasteiger partial charge in [-0.1, -0.05) is 36.4 Å². The van der Waals surface area contributed by atoms with Crippen molar-refractivity contribution in [1.29, 1.82) is 0 Å². The van der Waals surface area contributed by atoms with Crippen LogP contribution in [-0.2, 0) is 16.6 Å². The molecule has 5 heteroatoms. The lowest BCUT2D eigenvalue weighted by molar-refractivity contribution is -0.114. The normalized spacial score (nSPS) is 19.7. The predicted octanol–water partition coefficient (Wildman–Crippen LogP) is 2.31. The zero-order chi connectivity index (χ0) is 18.1. The van der Waals surface area contributed by atoms with Crippen LogP contribution in [0.2, 0.25) is 0 Å². The summed E-state index contributed by atoms with van der Waals surface area (Å²) >= 11 is 0. The Labute approximate surface area is 151 Å². The molecule has 1 fully saturated rings. The molecule has 132 valence electrons. The van der Waals surface area contributed by atoms with E-state index < -0.39 is 11.7 Å². The number of aromatic amines is 1. The molecule has 0 saturated carbocycles. The molecule has 0 aliphatic carbocycles. The smallest absolute Gasteiger partial charge is 0.291 e. The first-order valence-electron chi connectivity index (χ1n) is 8.79. The van der Waals surface area contributed by atoms with Gasteiger partial charge in [0.1, 0.15) is 0 Å². The quantitative estimate of drug-likeness (QED) is 0.489. The van der Waals surface area contributed by atoms with Crippen molar-refractivity contribution in [3.8, 4) is 0 Å². The second-order valence-electron chi connectivity index (χ2n) is 7.05. The summed E-state index contributed by atoms with van der Waals surface area (Å²) in [6, 6.07) is 18.4. The average molecular weight is 347 g/mol. The largest absolute Gasteiger partial charge is 0.363 e. The number of fused-ring (bicyclic) bond motifs is 1. The van der Waals surface area contributed by atoms with Crippen molar-refractivity contribution in [2.45, 2.75) is 18.3 Å². The molecule has 1 unspecified atom stereocenters. The van der Waals surface area contributed by atoms with Crippen LogP contribution >= 0.6 is 0 Å². The van der Waals surface area contributed by atoms with Crippen molar-refractivity contribution >= 4 is 22.6 Å².